The number of benzene rings is 2. The van der Waals surface area contributed by atoms with Crippen LogP contribution < -0.4 is 5.32 Å². The van der Waals surface area contributed by atoms with E-state index in [4.69, 9.17) is 16.6 Å². The van der Waals surface area contributed by atoms with Gasteiger partial charge >= 0.3 is 0 Å². The van der Waals surface area contributed by atoms with Crippen molar-refractivity contribution in [1.29, 1.82) is 0 Å². The van der Waals surface area contributed by atoms with E-state index in [1.807, 2.05) is 24.3 Å². The number of fused-ring (bicyclic) bond motifs is 1. The summed E-state index contributed by atoms with van der Waals surface area (Å²) >= 11 is 7.87. The molecule has 1 saturated heterocycles. The summed E-state index contributed by atoms with van der Waals surface area (Å²) in [7, 11) is 0. The number of thiazole rings is 1. The summed E-state index contributed by atoms with van der Waals surface area (Å²) in [5, 5.41) is 8.77. The molecule has 1 atom stereocenters. The lowest BCUT2D eigenvalue weighted by Crippen LogP contribution is -2.33. The number of hydrogen-bond acceptors (Lipinski definition) is 6. The lowest BCUT2D eigenvalue weighted by Gasteiger charge is -2.22. The Morgan fingerprint density at radius 1 is 1.27 bits per heavy atom. The summed E-state index contributed by atoms with van der Waals surface area (Å²) in [5.74, 6) is -0.0911. The number of likely N-dealkylation sites (tertiary alicyclic amines) is 1. The highest BCUT2D eigenvalue weighted by atomic mass is 35.5. The van der Waals surface area contributed by atoms with Gasteiger partial charge in [-0.3, -0.25) is 9.69 Å². The normalized spacial score (nSPS) is 16.9. The van der Waals surface area contributed by atoms with Crippen molar-refractivity contribution in [1.82, 2.24) is 24.6 Å². The van der Waals surface area contributed by atoms with Gasteiger partial charge in [-0.05, 0) is 49.7 Å². The monoisotopic (exact) mass is 438 g/mol. The topological polar surface area (TPSA) is 75.9 Å². The number of nitrogens with zero attached hydrogens (tertiary/aromatic N) is 5. The van der Waals surface area contributed by atoms with E-state index in [0.717, 1.165) is 35.6 Å². The smallest absolute Gasteiger partial charge is 0.238 e. The van der Waals surface area contributed by atoms with E-state index in [1.54, 1.807) is 34.5 Å². The summed E-state index contributed by atoms with van der Waals surface area (Å²) < 4.78 is 2.78. The molecule has 1 N–H and O–H groups in total. The highest BCUT2D eigenvalue weighted by Crippen LogP contribution is 2.36. The predicted octanol–water partition coefficient (Wildman–Crippen LogP) is 4.31. The largest absolute Gasteiger partial charge is 0.323 e. The second-order valence-corrected chi connectivity index (χ2v) is 8.70. The number of para-hydroxylation sites is 1. The van der Waals surface area contributed by atoms with E-state index in [1.165, 1.54) is 11.0 Å². The molecule has 0 saturated carbocycles. The second-order valence-electron chi connectivity index (χ2n) is 7.20. The van der Waals surface area contributed by atoms with Crippen LogP contribution in [-0.4, -0.2) is 43.6 Å². The molecule has 2 aromatic heterocycles. The van der Waals surface area contributed by atoms with Gasteiger partial charge in [-0.2, -0.15) is 5.10 Å². The van der Waals surface area contributed by atoms with E-state index >= 15 is 0 Å². The maximum Gasteiger partial charge on any atom is 0.238 e. The van der Waals surface area contributed by atoms with Gasteiger partial charge in [0.05, 0.1) is 34.2 Å². The van der Waals surface area contributed by atoms with Crippen molar-refractivity contribution in [2.75, 3.05) is 18.4 Å². The Balaban J connectivity index is 1.33. The van der Waals surface area contributed by atoms with Crippen LogP contribution in [0.3, 0.4) is 0 Å². The van der Waals surface area contributed by atoms with Crippen LogP contribution in [0.1, 0.15) is 23.9 Å². The summed E-state index contributed by atoms with van der Waals surface area (Å²) in [4.78, 5) is 23.9. The van der Waals surface area contributed by atoms with Crippen LogP contribution in [0.2, 0.25) is 5.02 Å². The average Bonchev–Trinajstić information content (AvgIpc) is 3.48. The predicted molar refractivity (Wildman–Crippen MR) is 118 cm³/mol. The zero-order valence-corrected chi connectivity index (χ0v) is 17.6. The quantitative estimate of drug-likeness (QED) is 0.502. The molecule has 152 valence electrons. The number of carbonyl (C=O) groups is 1. The minimum Gasteiger partial charge on any atom is -0.323 e. The molecule has 1 amide bonds. The third-order valence-corrected chi connectivity index (χ3v) is 6.58. The molecule has 1 aliphatic heterocycles. The van der Waals surface area contributed by atoms with Crippen molar-refractivity contribution < 1.29 is 4.79 Å². The number of rotatable bonds is 5. The van der Waals surface area contributed by atoms with E-state index in [0.29, 0.717) is 17.3 Å². The van der Waals surface area contributed by atoms with Gasteiger partial charge in [0.25, 0.3) is 0 Å². The lowest BCUT2D eigenvalue weighted by atomic mass is 10.2. The third kappa shape index (κ3) is 3.81. The van der Waals surface area contributed by atoms with Crippen molar-refractivity contribution in [3.8, 4) is 5.69 Å². The lowest BCUT2D eigenvalue weighted by molar-refractivity contribution is -0.117. The zero-order chi connectivity index (χ0) is 20.5. The molecule has 2 aromatic carbocycles. The zero-order valence-electron chi connectivity index (χ0n) is 16.0. The van der Waals surface area contributed by atoms with Crippen LogP contribution in [0.25, 0.3) is 15.9 Å². The van der Waals surface area contributed by atoms with Gasteiger partial charge in [-0.25, -0.2) is 14.6 Å². The summed E-state index contributed by atoms with van der Waals surface area (Å²) in [6.07, 6.45) is 5.10. The first-order valence-electron chi connectivity index (χ1n) is 9.71. The molecule has 3 heterocycles. The fourth-order valence-electron chi connectivity index (χ4n) is 3.84. The minimum atomic E-state index is -0.0911. The first kappa shape index (κ1) is 19.2. The van der Waals surface area contributed by atoms with Crippen molar-refractivity contribution in [2.45, 2.75) is 18.9 Å². The minimum absolute atomic E-state index is 0.0911. The highest BCUT2D eigenvalue weighted by molar-refractivity contribution is 7.18. The van der Waals surface area contributed by atoms with Gasteiger partial charge in [0, 0.05) is 5.02 Å². The van der Waals surface area contributed by atoms with Gasteiger partial charge in [-0.1, -0.05) is 23.7 Å². The maximum atomic E-state index is 12.9. The number of anilines is 1. The van der Waals surface area contributed by atoms with Gasteiger partial charge in [0.15, 0.2) is 0 Å². The van der Waals surface area contributed by atoms with Crippen LogP contribution in [-0.2, 0) is 4.79 Å². The average molecular weight is 439 g/mol. The van der Waals surface area contributed by atoms with E-state index in [-0.39, 0.29) is 11.9 Å². The van der Waals surface area contributed by atoms with Gasteiger partial charge in [-0.15, -0.1) is 11.3 Å². The number of halogens is 1. The molecule has 0 aliphatic carbocycles. The molecular formula is C21H19ClN6OS. The van der Waals surface area contributed by atoms with Crippen molar-refractivity contribution in [3.63, 3.8) is 0 Å². The molecule has 0 unspecified atom stereocenters. The number of amides is 1. The molecule has 4 aromatic rings. The van der Waals surface area contributed by atoms with E-state index in [9.17, 15) is 4.79 Å². The van der Waals surface area contributed by atoms with Crippen LogP contribution in [0, 0.1) is 0 Å². The standard InChI is InChI=1S/C21H19ClN6OS/c22-14-7-8-17(28-13-23-12-24-28)16(10-14)25-20(29)11-27-9-3-5-18(27)21-26-15-4-1-2-6-19(15)30-21/h1-2,4,6-8,10,12-13,18H,3,5,9,11H2,(H,25,29)/t18-/m1/s1. The molecule has 0 radical (unpaired) electrons. The van der Waals surface area contributed by atoms with E-state index < -0.39 is 0 Å². The van der Waals surface area contributed by atoms with Crippen LogP contribution >= 0.6 is 22.9 Å². The third-order valence-electron chi connectivity index (χ3n) is 5.20. The van der Waals surface area contributed by atoms with Crippen molar-refractivity contribution in [3.05, 3.63) is 65.1 Å². The van der Waals surface area contributed by atoms with Crippen LogP contribution in [0.4, 0.5) is 5.69 Å². The number of aromatic nitrogens is 4. The molecule has 1 fully saturated rings. The molecular weight excluding hydrogens is 420 g/mol. The first-order valence-corrected chi connectivity index (χ1v) is 10.9. The summed E-state index contributed by atoms with van der Waals surface area (Å²) in [6, 6.07) is 13.6. The Hall–Kier alpha value is -2.81. The Labute approximate surface area is 182 Å². The van der Waals surface area contributed by atoms with Crippen LogP contribution in [0.15, 0.2) is 55.1 Å². The summed E-state index contributed by atoms with van der Waals surface area (Å²) in [6.45, 7) is 1.17. The fourth-order valence-corrected chi connectivity index (χ4v) is 5.15. The molecule has 1 aliphatic rings. The van der Waals surface area contributed by atoms with Crippen molar-refractivity contribution in [2.24, 2.45) is 0 Å². The molecule has 0 bridgehead atoms. The number of carbonyl (C=O) groups excluding carboxylic acids is 1. The van der Waals surface area contributed by atoms with Crippen molar-refractivity contribution >= 4 is 44.7 Å². The van der Waals surface area contributed by atoms with Gasteiger partial charge in [0.1, 0.15) is 17.7 Å². The Morgan fingerprint density at radius 2 is 2.17 bits per heavy atom. The Kier molecular flexibility index (Phi) is 5.20. The first-order chi connectivity index (χ1) is 14.7. The molecule has 7 nitrogen and oxygen atoms in total. The molecule has 30 heavy (non-hydrogen) atoms. The van der Waals surface area contributed by atoms with Gasteiger partial charge in [0.2, 0.25) is 5.91 Å². The maximum absolute atomic E-state index is 12.9. The fraction of sp³-hybridized carbons (Fsp3) is 0.238. The van der Waals surface area contributed by atoms with Crippen LogP contribution in [0.5, 0.6) is 0 Å². The number of hydrogen-bond donors (Lipinski definition) is 1. The Morgan fingerprint density at radius 3 is 3.00 bits per heavy atom. The number of nitrogens with one attached hydrogen (secondary N) is 1. The second kappa shape index (κ2) is 8.14. The molecule has 0 spiro atoms. The summed E-state index contributed by atoms with van der Waals surface area (Å²) in [5.41, 5.74) is 2.34. The van der Waals surface area contributed by atoms with E-state index in [2.05, 4.69) is 26.4 Å². The van der Waals surface area contributed by atoms with Gasteiger partial charge < -0.3 is 5.32 Å². The SMILES string of the molecule is O=C(CN1CCC[C@@H]1c1nc2ccccc2s1)Nc1cc(Cl)ccc1-n1cncn1. The Bertz CT molecular complexity index is 1160. The molecule has 5 rings (SSSR count). The molecule has 9 heteroatoms. The highest BCUT2D eigenvalue weighted by Gasteiger charge is 2.30.